The highest BCUT2D eigenvalue weighted by atomic mass is 15.4. The number of nitrogens with zero attached hydrogens (tertiary/aromatic N) is 2. The minimum absolute atomic E-state index is 0.314. The number of rotatable bonds is 4. The Morgan fingerprint density at radius 2 is 1.50 bits per heavy atom. The molecule has 0 amide bonds. The molecule has 0 aromatic carbocycles. The van der Waals surface area contributed by atoms with Crippen LogP contribution in [0.25, 0.3) is 0 Å². The summed E-state index contributed by atoms with van der Waals surface area (Å²) < 4.78 is 0. The molecule has 1 unspecified atom stereocenters. The van der Waals surface area contributed by atoms with Gasteiger partial charge in [0.25, 0.3) is 0 Å². The first-order valence-corrected chi connectivity index (χ1v) is 6.13. The van der Waals surface area contributed by atoms with Crippen molar-refractivity contribution in [1.29, 1.82) is 0 Å². The summed E-state index contributed by atoms with van der Waals surface area (Å²) in [5, 5.41) is 0. The Kier molecular flexibility index (Phi) is 3.13. The van der Waals surface area contributed by atoms with E-state index >= 15 is 0 Å². The van der Waals surface area contributed by atoms with E-state index in [-0.39, 0.29) is 0 Å². The van der Waals surface area contributed by atoms with Crippen molar-refractivity contribution >= 4 is 0 Å². The maximum absolute atomic E-state index is 4.19. The lowest BCUT2D eigenvalue weighted by molar-refractivity contribution is -0.0829. The fourth-order valence-electron chi connectivity index (χ4n) is 3.01. The molecule has 1 atom stereocenters. The number of likely N-dealkylation sites (tertiary alicyclic amines) is 2. The molecule has 2 aliphatic rings. The maximum atomic E-state index is 4.19. The highest BCUT2D eigenvalue weighted by Crippen LogP contribution is 2.34. The summed E-state index contributed by atoms with van der Waals surface area (Å²) in [4.78, 5) is 5.32. The lowest BCUT2D eigenvalue weighted by Crippen LogP contribution is -2.63. The molecule has 0 aromatic heterocycles. The average molecular weight is 195 g/mol. The molecule has 0 aliphatic carbocycles. The second-order valence-electron chi connectivity index (χ2n) is 4.62. The van der Waals surface area contributed by atoms with Gasteiger partial charge in [-0.3, -0.25) is 9.80 Å². The van der Waals surface area contributed by atoms with Crippen molar-refractivity contribution in [2.45, 2.75) is 44.7 Å². The molecule has 2 aliphatic heterocycles. The fraction of sp³-hybridized carbons (Fsp3) is 0.917. The van der Waals surface area contributed by atoms with E-state index in [1.54, 1.807) is 0 Å². The zero-order valence-corrected chi connectivity index (χ0v) is 9.47. The van der Waals surface area contributed by atoms with Gasteiger partial charge in [-0.25, -0.2) is 0 Å². The Labute approximate surface area is 88.3 Å². The van der Waals surface area contributed by atoms with Gasteiger partial charge >= 0.3 is 0 Å². The van der Waals surface area contributed by atoms with Crippen LogP contribution in [0, 0.1) is 6.92 Å². The van der Waals surface area contributed by atoms with Gasteiger partial charge in [0.15, 0.2) is 0 Å². The molecule has 81 valence electrons. The van der Waals surface area contributed by atoms with E-state index in [0.29, 0.717) is 5.66 Å². The number of hydrogen-bond donors (Lipinski definition) is 0. The minimum Gasteiger partial charge on any atom is -0.285 e. The largest absolute Gasteiger partial charge is 0.285 e. The molecule has 0 aromatic rings. The molecule has 0 N–H and O–H groups in total. The van der Waals surface area contributed by atoms with Gasteiger partial charge in [0.2, 0.25) is 0 Å². The fourth-order valence-corrected chi connectivity index (χ4v) is 3.01. The topological polar surface area (TPSA) is 6.48 Å². The molecular weight excluding hydrogens is 172 g/mol. The summed E-state index contributed by atoms with van der Waals surface area (Å²) >= 11 is 0. The summed E-state index contributed by atoms with van der Waals surface area (Å²) in [5.74, 6) is 0. The monoisotopic (exact) mass is 195 g/mol. The van der Waals surface area contributed by atoms with E-state index in [1.807, 2.05) is 0 Å². The number of hydrogen-bond acceptors (Lipinski definition) is 2. The van der Waals surface area contributed by atoms with Crippen molar-refractivity contribution in [2.24, 2.45) is 0 Å². The van der Waals surface area contributed by atoms with Gasteiger partial charge < -0.3 is 0 Å². The van der Waals surface area contributed by atoms with Crippen LogP contribution in [-0.2, 0) is 0 Å². The van der Waals surface area contributed by atoms with Gasteiger partial charge in [-0.2, -0.15) is 0 Å². The third-order valence-electron chi connectivity index (χ3n) is 4.11. The highest BCUT2D eigenvalue weighted by Gasteiger charge is 2.42. The van der Waals surface area contributed by atoms with Crippen LogP contribution in [0.15, 0.2) is 0 Å². The molecule has 2 rings (SSSR count). The van der Waals surface area contributed by atoms with Gasteiger partial charge in [-0.05, 0) is 45.2 Å². The molecule has 1 radical (unpaired) electrons. The Morgan fingerprint density at radius 1 is 1.00 bits per heavy atom. The van der Waals surface area contributed by atoms with Crippen molar-refractivity contribution < 1.29 is 0 Å². The Hall–Kier alpha value is -0.0800. The summed E-state index contributed by atoms with van der Waals surface area (Å²) in [7, 11) is 0. The third kappa shape index (κ3) is 1.49. The van der Waals surface area contributed by atoms with Crippen molar-refractivity contribution in [3.8, 4) is 0 Å². The predicted octanol–water partition coefficient (Wildman–Crippen LogP) is 2.12. The quantitative estimate of drug-likeness (QED) is 0.678. The van der Waals surface area contributed by atoms with Gasteiger partial charge in [-0.1, -0.05) is 13.8 Å². The molecule has 2 heterocycles. The lowest BCUT2D eigenvalue weighted by atomic mass is 9.95. The van der Waals surface area contributed by atoms with Crippen LogP contribution in [0.1, 0.15) is 39.0 Å². The van der Waals surface area contributed by atoms with Crippen LogP contribution < -0.4 is 0 Å². The van der Waals surface area contributed by atoms with Crippen molar-refractivity contribution in [3.63, 3.8) is 0 Å². The van der Waals surface area contributed by atoms with E-state index in [9.17, 15) is 0 Å². The molecule has 2 nitrogen and oxygen atoms in total. The third-order valence-corrected chi connectivity index (χ3v) is 4.11. The Balaban J connectivity index is 2.09. The van der Waals surface area contributed by atoms with Crippen LogP contribution in [0.3, 0.4) is 0 Å². The molecule has 2 fully saturated rings. The lowest BCUT2D eigenvalue weighted by Gasteiger charge is -2.53. The molecule has 0 bridgehead atoms. The standard InChI is InChI=1S/C12H23N2/c1-3-12(4-2,14-10-7-11-14)13-8-5-6-9-13/h1,3-11H2,2H3. The summed E-state index contributed by atoms with van der Waals surface area (Å²) in [5.41, 5.74) is 0.314. The van der Waals surface area contributed by atoms with Crippen molar-refractivity contribution in [3.05, 3.63) is 6.92 Å². The zero-order valence-electron chi connectivity index (χ0n) is 9.47. The average Bonchev–Trinajstić information content (AvgIpc) is 2.64. The molecule has 14 heavy (non-hydrogen) atoms. The second-order valence-corrected chi connectivity index (χ2v) is 4.62. The molecule has 2 saturated heterocycles. The van der Waals surface area contributed by atoms with E-state index in [4.69, 9.17) is 0 Å². The van der Waals surface area contributed by atoms with E-state index < -0.39 is 0 Å². The molecule has 0 saturated carbocycles. The van der Waals surface area contributed by atoms with Crippen LogP contribution in [0.4, 0.5) is 0 Å². The Bertz CT molecular complexity index is 177. The SMILES string of the molecule is [CH2]CC(CC)(N1CCCC1)N1CCC1. The van der Waals surface area contributed by atoms with Crippen LogP contribution >= 0.6 is 0 Å². The first-order valence-electron chi connectivity index (χ1n) is 6.13. The van der Waals surface area contributed by atoms with Crippen molar-refractivity contribution in [2.75, 3.05) is 26.2 Å². The van der Waals surface area contributed by atoms with Crippen LogP contribution in [0.5, 0.6) is 0 Å². The molecule has 0 spiro atoms. The van der Waals surface area contributed by atoms with E-state index in [2.05, 4.69) is 23.6 Å². The zero-order chi connectivity index (χ0) is 10.0. The van der Waals surface area contributed by atoms with Gasteiger partial charge in [0.1, 0.15) is 0 Å². The second kappa shape index (κ2) is 4.19. The molecular formula is C12H23N2. The molecule has 2 heteroatoms. The normalized spacial score (nSPS) is 25.3. The van der Waals surface area contributed by atoms with Crippen LogP contribution in [-0.4, -0.2) is 41.6 Å². The Morgan fingerprint density at radius 3 is 1.79 bits per heavy atom. The predicted molar refractivity (Wildman–Crippen MR) is 60.0 cm³/mol. The van der Waals surface area contributed by atoms with Crippen molar-refractivity contribution in [1.82, 2.24) is 9.80 Å². The van der Waals surface area contributed by atoms with Gasteiger partial charge in [0, 0.05) is 13.1 Å². The van der Waals surface area contributed by atoms with Crippen LogP contribution in [0.2, 0.25) is 0 Å². The van der Waals surface area contributed by atoms with Gasteiger partial charge in [0.05, 0.1) is 5.66 Å². The van der Waals surface area contributed by atoms with E-state index in [0.717, 1.165) is 6.42 Å². The summed E-state index contributed by atoms with van der Waals surface area (Å²) in [6.07, 6.45) is 6.43. The first-order chi connectivity index (χ1) is 6.83. The minimum atomic E-state index is 0.314. The maximum Gasteiger partial charge on any atom is 0.0735 e. The van der Waals surface area contributed by atoms with Gasteiger partial charge in [-0.15, -0.1) is 0 Å². The summed E-state index contributed by atoms with van der Waals surface area (Å²) in [6, 6.07) is 0. The first kappa shape index (κ1) is 10.4. The highest BCUT2D eigenvalue weighted by molar-refractivity contribution is 4.95. The van der Waals surface area contributed by atoms with E-state index in [1.165, 1.54) is 51.9 Å². The smallest absolute Gasteiger partial charge is 0.0735 e. The summed E-state index contributed by atoms with van der Waals surface area (Å²) in [6.45, 7) is 11.7.